The molecule has 0 radical (unpaired) electrons. The minimum absolute atomic E-state index is 0.00625. The summed E-state index contributed by atoms with van der Waals surface area (Å²) in [5.74, 6) is 0.950. The number of nitrogens with one attached hydrogen (secondary N) is 1. The number of fused-ring (bicyclic) bond motifs is 2. The molecule has 5 heterocycles. The summed E-state index contributed by atoms with van der Waals surface area (Å²) in [6, 6.07) is 6.40. The first-order chi connectivity index (χ1) is 17.1. The summed E-state index contributed by atoms with van der Waals surface area (Å²) in [6.45, 7) is 5.81. The number of amides is 1. The van der Waals surface area contributed by atoms with Crippen molar-refractivity contribution in [3.63, 3.8) is 0 Å². The molecule has 8 nitrogen and oxygen atoms in total. The van der Waals surface area contributed by atoms with Crippen LogP contribution in [0.2, 0.25) is 0 Å². The molecule has 0 bridgehead atoms. The van der Waals surface area contributed by atoms with E-state index in [1.165, 1.54) is 6.07 Å². The molecule has 188 valence electrons. The lowest BCUT2D eigenvalue weighted by Gasteiger charge is -2.38. The second kappa shape index (κ2) is 7.75. The lowest BCUT2D eigenvalue weighted by Crippen LogP contribution is -2.50. The van der Waals surface area contributed by atoms with E-state index in [9.17, 15) is 18.0 Å². The van der Waals surface area contributed by atoms with Crippen molar-refractivity contribution in [3.8, 4) is 0 Å². The number of halogens is 3. The zero-order chi connectivity index (χ0) is 25.4. The van der Waals surface area contributed by atoms with Gasteiger partial charge in [0.15, 0.2) is 5.82 Å². The summed E-state index contributed by atoms with van der Waals surface area (Å²) in [6.07, 6.45) is -2.05. The van der Waals surface area contributed by atoms with Crippen LogP contribution in [0.4, 0.5) is 24.8 Å². The monoisotopic (exact) mass is 497 g/mol. The van der Waals surface area contributed by atoms with Crippen LogP contribution in [0, 0.1) is 11.2 Å². The average molecular weight is 498 g/mol. The van der Waals surface area contributed by atoms with E-state index in [4.69, 9.17) is 10.1 Å². The van der Waals surface area contributed by atoms with E-state index < -0.39 is 23.2 Å². The Morgan fingerprint density at radius 1 is 1.11 bits per heavy atom. The van der Waals surface area contributed by atoms with Crippen LogP contribution in [-0.2, 0) is 16.8 Å². The molecule has 0 spiro atoms. The van der Waals surface area contributed by atoms with E-state index in [0.717, 1.165) is 0 Å². The highest BCUT2D eigenvalue weighted by molar-refractivity contribution is 6.20. The summed E-state index contributed by atoms with van der Waals surface area (Å²) in [5.41, 5.74) is -0.431. The number of amidine groups is 1. The highest BCUT2D eigenvalue weighted by Gasteiger charge is 2.52. The Kier molecular flexibility index (Phi) is 4.94. The number of alkyl halides is 2. The van der Waals surface area contributed by atoms with Crippen molar-refractivity contribution in [2.24, 2.45) is 15.5 Å². The molecule has 0 aliphatic carbocycles. The Balaban J connectivity index is 1.48. The summed E-state index contributed by atoms with van der Waals surface area (Å²) < 4.78 is 42.9. The van der Waals surface area contributed by atoms with E-state index >= 15 is 0 Å². The van der Waals surface area contributed by atoms with Crippen LogP contribution < -0.4 is 10.2 Å². The molecular formula is C25H26F3N7O. The van der Waals surface area contributed by atoms with Gasteiger partial charge in [-0.1, -0.05) is 18.2 Å². The molecule has 1 aromatic carbocycles. The first-order valence-corrected chi connectivity index (χ1v) is 12.0. The Labute approximate surface area is 206 Å². The molecule has 36 heavy (non-hydrogen) atoms. The van der Waals surface area contributed by atoms with Crippen LogP contribution in [0.1, 0.15) is 44.1 Å². The van der Waals surface area contributed by atoms with Gasteiger partial charge in [-0.3, -0.25) is 9.79 Å². The van der Waals surface area contributed by atoms with E-state index in [0.29, 0.717) is 34.3 Å². The zero-order valence-electron chi connectivity index (χ0n) is 20.2. The smallest absolute Gasteiger partial charge is 0.235 e. The van der Waals surface area contributed by atoms with Gasteiger partial charge in [0.25, 0.3) is 0 Å². The van der Waals surface area contributed by atoms with E-state index in [1.807, 2.05) is 6.92 Å². The zero-order valence-corrected chi connectivity index (χ0v) is 20.2. The first-order valence-electron chi connectivity index (χ1n) is 12.0. The Bertz CT molecular complexity index is 1340. The maximum Gasteiger partial charge on any atom is 0.235 e. The van der Waals surface area contributed by atoms with Crippen LogP contribution in [0.5, 0.6) is 0 Å². The fourth-order valence-electron chi connectivity index (χ4n) is 5.42. The van der Waals surface area contributed by atoms with E-state index in [1.54, 1.807) is 42.0 Å². The number of hydrogen-bond acceptors (Lipinski definition) is 7. The molecule has 11 heteroatoms. The standard InChI is InChI=1S/C25H26F3N7O/c1-24(2)17-19(32-23(24)36)30-20(31-21(17)34-11-15(27)12-34)18-25(3)8-14(26)9-29-22(25)35(33-18)10-13-6-4-5-7-16(13)28/h4-7,14-15H,8-12H2,1-3H3,(H,30,31,32,36). The predicted molar refractivity (Wildman–Crippen MR) is 129 cm³/mol. The Morgan fingerprint density at radius 2 is 1.86 bits per heavy atom. The van der Waals surface area contributed by atoms with Crippen LogP contribution in [0.25, 0.3) is 0 Å². The number of anilines is 2. The molecule has 1 amide bonds. The van der Waals surface area contributed by atoms with Crippen LogP contribution in [0.3, 0.4) is 0 Å². The maximum atomic E-state index is 14.7. The van der Waals surface area contributed by atoms with Gasteiger partial charge >= 0.3 is 0 Å². The van der Waals surface area contributed by atoms with Crippen LogP contribution >= 0.6 is 0 Å². The minimum Gasteiger partial charge on any atom is -0.350 e. The lowest BCUT2D eigenvalue weighted by atomic mass is 9.77. The normalized spacial score (nSPS) is 26.7. The van der Waals surface area contributed by atoms with E-state index in [2.05, 4.69) is 15.3 Å². The van der Waals surface area contributed by atoms with Crippen molar-refractivity contribution < 1.29 is 18.0 Å². The summed E-state index contributed by atoms with van der Waals surface area (Å²) in [4.78, 5) is 28.4. The van der Waals surface area contributed by atoms with Gasteiger partial charge in [0, 0.05) is 5.56 Å². The van der Waals surface area contributed by atoms with Gasteiger partial charge in [0.1, 0.15) is 41.3 Å². The topological polar surface area (TPSA) is 86.1 Å². The quantitative estimate of drug-likeness (QED) is 0.700. The summed E-state index contributed by atoms with van der Waals surface area (Å²) in [7, 11) is 0. The van der Waals surface area contributed by atoms with Crippen molar-refractivity contribution in [2.75, 3.05) is 29.9 Å². The van der Waals surface area contributed by atoms with Crippen molar-refractivity contribution >= 4 is 29.1 Å². The SMILES string of the molecule is CC12CC(F)CN=C1N(Cc1ccccc1F)N=C2c1nc2c(c(N3CC(F)C3)n1)C(C)(C)C(=O)N2. The van der Waals surface area contributed by atoms with Crippen molar-refractivity contribution in [3.05, 3.63) is 47.0 Å². The van der Waals surface area contributed by atoms with Gasteiger partial charge in [-0.25, -0.2) is 28.1 Å². The predicted octanol–water partition coefficient (Wildman–Crippen LogP) is 3.37. The fraction of sp³-hybridized carbons (Fsp3) is 0.480. The molecule has 6 rings (SSSR count). The van der Waals surface area contributed by atoms with Crippen molar-refractivity contribution in [1.29, 1.82) is 0 Å². The van der Waals surface area contributed by atoms with Gasteiger partial charge in [-0.2, -0.15) is 5.10 Å². The van der Waals surface area contributed by atoms with Crippen LogP contribution in [-0.4, -0.2) is 64.4 Å². The molecule has 4 aliphatic heterocycles. The van der Waals surface area contributed by atoms with E-state index in [-0.39, 0.29) is 50.1 Å². The van der Waals surface area contributed by atoms with Crippen LogP contribution in [0.15, 0.2) is 34.4 Å². The number of hydrazone groups is 1. The van der Waals surface area contributed by atoms with Crippen molar-refractivity contribution in [2.45, 2.75) is 51.5 Å². The number of carbonyl (C=O) groups excluding carboxylic acids is 1. The fourth-order valence-corrected chi connectivity index (χ4v) is 5.42. The number of carbonyl (C=O) groups is 1. The minimum atomic E-state index is -1.19. The van der Waals surface area contributed by atoms with Crippen molar-refractivity contribution in [1.82, 2.24) is 15.0 Å². The third-order valence-electron chi connectivity index (χ3n) is 7.49. The molecule has 1 fully saturated rings. The largest absolute Gasteiger partial charge is 0.350 e. The molecule has 2 unspecified atom stereocenters. The number of hydrogen-bond donors (Lipinski definition) is 1. The van der Waals surface area contributed by atoms with Gasteiger partial charge in [-0.15, -0.1) is 0 Å². The number of nitrogens with zero attached hydrogens (tertiary/aromatic N) is 6. The molecule has 1 aromatic heterocycles. The Hall–Kier alpha value is -3.50. The highest BCUT2D eigenvalue weighted by Crippen LogP contribution is 2.45. The third kappa shape index (κ3) is 3.31. The second-order valence-corrected chi connectivity index (χ2v) is 10.6. The molecule has 4 aliphatic rings. The second-order valence-electron chi connectivity index (χ2n) is 10.6. The van der Waals surface area contributed by atoms with Gasteiger partial charge in [0.2, 0.25) is 5.91 Å². The molecule has 1 N–H and O–H groups in total. The van der Waals surface area contributed by atoms with Gasteiger partial charge < -0.3 is 10.2 Å². The number of benzene rings is 1. The number of aromatic nitrogens is 2. The Morgan fingerprint density at radius 3 is 2.58 bits per heavy atom. The van der Waals surface area contributed by atoms with Gasteiger partial charge in [0.05, 0.1) is 42.6 Å². The molecular weight excluding hydrogens is 471 g/mol. The van der Waals surface area contributed by atoms with Gasteiger partial charge in [-0.05, 0) is 33.3 Å². The lowest BCUT2D eigenvalue weighted by molar-refractivity contribution is -0.119. The first kappa shape index (κ1) is 22.9. The maximum absolute atomic E-state index is 14.7. The average Bonchev–Trinajstić information content (AvgIpc) is 3.21. The molecule has 0 saturated carbocycles. The number of aliphatic imine (C=N–C) groups is 1. The summed E-state index contributed by atoms with van der Waals surface area (Å²) >= 11 is 0. The highest BCUT2D eigenvalue weighted by atomic mass is 19.1. The third-order valence-corrected chi connectivity index (χ3v) is 7.49. The molecule has 1 saturated heterocycles. The molecule has 2 atom stereocenters. The number of rotatable bonds is 4. The molecule has 2 aromatic rings. The summed E-state index contributed by atoms with van der Waals surface area (Å²) in [5, 5.41) is 9.15.